The van der Waals surface area contributed by atoms with Crippen molar-refractivity contribution in [3.8, 4) is 0 Å². The van der Waals surface area contributed by atoms with Gasteiger partial charge in [-0.1, -0.05) is 13.8 Å². The number of nitrogens with zero attached hydrogens (tertiary/aromatic N) is 1. The van der Waals surface area contributed by atoms with Crippen LogP contribution in [0.1, 0.15) is 13.8 Å². The molecule has 2 N–H and O–H groups in total. The van der Waals surface area contributed by atoms with Crippen LogP contribution in [0, 0.1) is 0 Å². The summed E-state index contributed by atoms with van der Waals surface area (Å²) in [5.41, 5.74) is 6.46. The molecule has 1 rings (SSSR count). The van der Waals surface area contributed by atoms with Gasteiger partial charge in [0, 0.05) is 16.3 Å². The number of pyridine rings is 1. The largest absolute Gasteiger partial charge is 0.397 e. The van der Waals surface area contributed by atoms with Crippen LogP contribution in [-0.4, -0.2) is 10.2 Å². The first-order valence-electron chi connectivity index (χ1n) is 3.56. The van der Waals surface area contributed by atoms with Crippen LogP contribution in [-0.2, 0) is 0 Å². The van der Waals surface area contributed by atoms with Crippen molar-refractivity contribution in [3.63, 3.8) is 0 Å². The molecule has 60 valence electrons. The molecular weight excluding hydrogens is 156 g/mol. The first kappa shape index (κ1) is 8.40. The van der Waals surface area contributed by atoms with Crippen molar-refractivity contribution in [2.75, 3.05) is 5.73 Å². The van der Waals surface area contributed by atoms with Gasteiger partial charge in [0.1, 0.15) is 0 Å². The summed E-state index contributed by atoms with van der Waals surface area (Å²) in [6.45, 7) is 4.29. The van der Waals surface area contributed by atoms with Gasteiger partial charge in [-0.05, 0) is 6.07 Å². The molecule has 0 aromatic carbocycles. The minimum Gasteiger partial charge on any atom is -0.397 e. The summed E-state index contributed by atoms with van der Waals surface area (Å²) < 4.78 is 0. The van der Waals surface area contributed by atoms with Gasteiger partial charge >= 0.3 is 0 Å². The van der Waals surface area contributed by atoms with Gasteiger partial charge in [-0.15, -0.1) is 11.8 Å². The number of hydrogen-bond donors (Lipinski definition) is 1. The minimum atomic E-state index is 0.569. The molecule has 0 bridgehead atoms. The zero-order valence-electron chi connectivity index (χ0n) is 6.74. The second-order valence-corrected chi connectivity index (χ2v) is 4.20. The smallest absolute Gasteiger partial charge is 0.0638 e. The molecule has 0 spiro atoms. The van der Waals surface area contributed by atoms with Crippen molar-refractivity contribution < 1.29 is 0 Å². The monoisotopic (exact) mass is 168 g/mol. The lowest BCUT2D eigenvalue weighted by atomic mass is 10.4. The van der Waals surface area contributed by atoms with Gasteiger partial charge in [-0.3, -0.25) is 4.98 Å². The lowest BCUT2D eigenvalue weighted by Crippen LogP contribution is -1.92. The Bertz CT molecular complexity index is 235. The normalized spacial score (nSPS) is 10.5. The maximum Gasteiger partial charge on any atom is 0.0638 e. The van der Waals surface area contributed by atoms with Gasteiger partial charge in [-0.2, -0.15) is 0 Å². The predicted molar refractivity (Wildman–Crippen MR) is 49.6 cm³/mol. The van der Waals surface area contributed by atoms with E-state index < -0.39 is 0 Å². The number of rotatable bonds is 2. The molecule has 2 nitrogen and oxygen atoms in total. The molecular formula is C8H12N2S. The molecule has 0 fully saturated rings. The number of thioether (sulfide) groups is 1. The lowest BCUT2D eigenvalue weighted by Gasteiger charge is -2.05. The van der Waals surface area contributed by atoms with Crippen molar-refractivity contribution in [3.05, 3.63) is 18.5 Å². The van der Waals surface area contributed by atoms with Crippen molar-refractivity contribution in [2.45, 2.75) is 24.0 Å². The van der Waals surface area contributed by atoms with Crippen LogP contribution in [0.25, 0.3) is 0 Å². The predicted octanol–water partition coefficient (Wildman–Crippen LogP) is 2.16. The molecule has 0 unspecified atom stereocenters. The van der Waals surface area contributed by atoms with E-state index in [1.165, 1.54) is 0 Å². The number of nitrogens with two attached hydrogens (primary N) is 1. The first-order valence-corrected chi connectivity index (χ1v) is 4.44. The molecule has 0 saturated carbocycles. The Hall–Kier alpha value is -0.700. The third-order valence-corrected chi connectivity index (χ3v) is 2.27. The summed E-state index contributed by atoms with van der Waals surface area (Å²) in [6, 6.07) is 1.94. The molecule has 0 radical (unpaired) electrons. The zero-order valence-corrected chi connectivity index (χ0v) is 7.56. The van der Waals surface area contributed by atoms with Gasteiger partial charge in [-0.25, -0.2) is 0 Å². The highest BCUT2D eigenvalue weighted by molar-refractivity contribution is 8.00. The maximum absolute atomic E-state index is 5.69. The molecule has 0 amide bonds. The second kappa shape index (κ2) is 3.62. The summed E-state index contributed by atoms with van der Waals surface area (Å²) in [4.78, 5) is 5.03. The van der Waals surface area contributed by atoms with E-state index >= 15 is 0 Å². The highest BCUT2D eigenvalue weighted by Crippen LogP contribution is 2.26. The van der Waals surface area contributed by atoms with E-state index in [2.05, 4.69) is 18.8 Å². The first-order chi connectivity index (χ1) is 5.20. The maximum atomic E-state index is 5.69. The van der Waals surface area contributed by atoms with E-state index in [1.54, 1.807) is 24.2 Å². The molecule has 0 aliphatic heterocycles. The Morgan fingerprint density at radius 1 is 1.55 bits per heavy atom. The van der Waals surface area contributed by atoms with Crippen molar-refractivity contribution >= 4 is 17.4 Å². The topological polar surface area (TPSA) is 38.9 Å². The molecule has 0 saturated heterocycles. The highest BCUT2D eigenvalue weighted by atomic mass is 32.2. The summed E-state index contributed by atoms with van der Waals surface area (Å²) in [5, 5.41) is 0.569. The number of anilines is 1. The average Bonchev–Trinajstić information content (AvgIpc) is 1.93. The van der Waals surface area contributed by atoms with E-state index in [1.807, 2.05) is 6.07 Å². The van der Waals surface area contributed by atoms with Gasteiger partial charge in [0.15, 0.2) is 0 Å². The van der Waals surface area contributed by atoms with Crippen LogP contribution in [0.4, 0.5) is 5.69 Å². The third kappa shape index (κ3) is 2.42. The molecule has 11 heavy (non-hydrogen) atoms. The van der Waals surface area contributed by atoms with Crippen LogP contribution in [0.3, 0.4) is 0 Å². The van der Waals surface area contributed by atoms with Crippen molar-refractivity contribution in [2.24, 2.45) is 0 Å². The Morgan fingerprint density at radius 3 is 2.82 bits per heavy atom. The fourth-order valence-electron chi connectivity index (χ4n) is 0.755. The Labute approximate surface area is 71.2 Å². The highest BCUT2D eigenvalue weighted by Gasteiger charge is 2.00. The third-order valence-electron chi connectivity index (χ3n) is 1.17. The van der Waals surface area contributed by atoms with Crippen molar-refractivity contribution in [1.29, 1.82) is 0 Å². The van der Waals surface area contributed by atoms with Crippen LogP contribution in [0.5, 0.6) is 0 Å². The van der Waals surface area contributed by atoms with E-state index in [9.17, 15) is 0 Å². The SMILES string of the molecule is CC(C)Sc1ccncc1N. The molecule has 1 heterocycles. The van der Waals surface area contributed by atoms with E-state index in [4.69, 9.17) is 5.73 Å². The van der Waals surface area contributed by atoms with Crippen LogP contribution >= 0.6 is 11.8 Å². The second-order valence-electron chi connectivity index (χ2n) is 2.58. The quantitative estimate of drug-likeness (QED) is 0.688. The summed E-state index contributed by atoms with van der Waals surface area (Å²) in [6.07, 6.45) is 3.45. The minimum absolute atomic E-state index is 0.569. The Kier molecular flexibility index (Phi) is 2.76. The van der Waals surface area contributed by atoms with Crippen molar-refractivity contribution in [1.82, 2.24) is 4.98 Å². The van der Waals surface area contributed by atoms with Crippen LogP contribution < -0.4 is 5.73 Å². The summed E-state index contributed by atoms with van der Waals surface area (Å²) in [5.74, 6) is 0. The number of nitrogen functional groups attached to an aromatic ring is 1. The van der Waals surface area contributed by atoms with Gasteiger partial charge in [0.2, 0.25) is 0 Å². The molecule has 0 atom stereocenters. The molecule has 0 aliphatic rings. The van der Waals surface area contributed by atoms with Crippen LogP contribution in [0.15, 0.2) is 23.4 Å². The van der Waals surface area contributed by atoms with Gasteiger partial charge in [0.25, 0.3) is 0 Å². The Morgan fingerprint density at radius 2 is 2.27 bits per heavy atom. The number of aromatic nitrogens is 1. The molecule has 1 aromatic rings. The Balaban J connectivity index is 2.78. The fourth-order valence-corrected chi connectivity index (χ4v) is 1.59. The lowest BCUT2D eigenvalue weighted by molar-refractivity contribution is 1.11. The van der Waals surface area contributed by atoms with E-state index in [0.29, 0.717) is 5.25 Å². The average molecular weight is 168 g/mol. The van der Waals surface area contributed by atoms with Crippen LogP contribution in [0.2, 0.25) is 0 Å². The summed E-state index contributed by atoms with van der Waals surface area (Å²) in [7, 11) is 0. The van der Waals surface area contributed by atoms with E-state index in [-0.39, 0.29) is 0 Å². The van der Waals surface area contributed by atoms with Gasteiger partial charge < -0.3 is 5.73 Å². The molecule has 1 aromatic heterocycles. The molecule has 0 aliphatic carbocycles. The van der Waals surface area contributed by atoms with E-state index in [0.717, 1.165) is 10.6 Å². The standard InChI is InChI=1S/C8H12N2S/c1-6(2)11-8-3-4-10-5-7(8)9/h3-6H,9H2,1-2H3. The number of hydrogen-bond acceptors (Lipinski definition) is 3. The zero-order chi connectivity index (χ0) is 8.27. The fraction of sp³-hybridized carbons (Fsp3) is 0.375. The van der Waals surface area contributed by atoms with Gasteiger partial charge in [0.05, 0.1) is 11.9 Å². The molecule has 3 heteroatoms. The summed E-state index contributed by atoms with van der Waals surface area (Å²) >= 11 is 1.76.